The van der Waals surface area contributed by atoms with E-state index in [1.54, 1.807) is 0 Å². The summed E-state index contributed by atoms with van der Waals surface area (Å²) in [5.41, 5.74) is 1.28. The van der Waals surface area contributed by atoms with Gasteiger partial charge in [0.15, 0.2) is 11.5 Å². The molecule has 1 unspecified atom stereocenters. The second kappa shape index (κ2) is 4.50. The van der Waals surface area contributed by atoms with Gasteiger partial charge < -0.3 is 14.8 Å². The van der Waals surface area contributed by atoms with Gasteiger partial charge in [0.25, 0.3) is 0 Å². The summed E-state index contributed by atoms with van der Waals surface area (Å²) in [4.78, 5) is 0. The van der Waals surface area contributed by atoms with Crippen molar-refractivity contribution in [3.8, 4) is 11.5 Å². The molecule has 3 rings (SSSR count). The summed E-state index contributed by atoms with van der Waals surface area (Å²) in [6.45, 7) is 1.28. The van der Waals surface area contributed by atoms with Crippen LogP contribution in [-0.4, -0.2) is 20.3 Å². The van der Waals surface area contributed by atoms with Gasteiger partial charge in [0.2, 0.25) is 0 Å². The second-order valence-corrected chi connectivity index (χ2v) is 5.48. The van der Waals surface area contributed by atoms with Crippen LogP contribution in [0.5, 0.6) is 11.5 Å². The lowest BCUT2D eigenvalue weighted by Crippen LogP contribution is -2.20. The van der Waals surface area contributed by atoms with Crippen LogP contribution in [0.2, 0.25) is 0 Å². The van der Waals surface area contributed by atoms with Gasteiger partial charge in [0.1, 0.15) is 13.2 Å². The summed E-state index contributed by atoms with van der Waals surface area (Å²) in [7, 11) is 2.02. The molecule has 0 aromatic heterocycles. The highest BCUT2D eigenvalue weighted by atomic mass is 79.9. The molecular formula is C13H16BrNO2. The maximum absolute atomic E-state index is 5.64. The van der Waals surface area contributed by atoms with Gasteiger partial charge in [-0.25, -0.2) is 0 Å². The molecule has 17 heavy (non-hydrogen) atoms. The SMILES string of the molecule is CNC(c1cc2c(cc1Br)OCCO2)C1CC1. The third kappa shape index (κ3) is 2.16. The molecule has 1 fully saturated rings. The van der Waals surface area contributed by atoms with Crippen molar-refractivity contribution in [2.75, 3.05) is 20.3 Å². The van der Waals surface area contributed by atoms with E-state index in [2.05, 4.69) is 27.3 Å². The van der Waals surface area contributed by atoms with Crippen molar-refractivity contribution in [3.63, 3.8) is 0 Å². The molecule has 2 aliphatic rings. The Morgan fingerprint density at radius 1 is 1.24 bits per heavy atom. The molecule has 0 spiro atoms. The van der Waals surface area contributed by atoms with Gasteiger partial charge in [-0.1, -0.05) is 15.9 Å². The van der Waals surface area contributed by atoms with Crippen molar-refractivity contribution in [2.45, 2.75) is 18.9 Å². The highest BCUT2D eigenvalue weighted by Gasteiger charge is 2.33. The fraction of sp³-hybridized carbons (Fsp3) is 0.538. The molecule has 1 heterocycles. The Balaban J connectivity index is 1.97. The molecule has 1 aromatic rings. The van der Waals surface area contributed by atoms with Crippen LogP contribution in [0.15, 0.2) is 16.6 Å². The van der Waals surface area contributed by atoms with E-state index in [1.807, 2.05) is 13.1 Å². The molecule has 0 saturated heterocycles. The molecule has 1 aliphatic carbocycles. The number of ether oxygens (including phenoxy) is 2. The van der Waals surface area contributed by atoms with Crippen LogP contribution in [0, 0.1) is 5.92 Å². The highest BCUT2D eigenvalue weighted by molar-refractivity contribution is 9.10. The Hall–Kier alpha value is -0.740. The minimum absolute atomic E-state index is 0.417. The van der Waals surface area contributed by atoms with Crippen molar-refractivity contribution in [2.24, 2.45) is 5.92 Å². The van der Waals surface area contributed by atoms with Crippen molar-refractivity contribution in [1.29, 1.82) is 0 Å². The molecule has 1 saturated carbocycles. The fourth-order valence-corrected chi connectivity index (χ4v) is 2.96. The first-order valence-corrected chi connectivity index (χ1v) is 6.85. The second-order valence-electron chi connectivity index (χ2n) is 4.62. The van der Waals surface area contributed by atoms with Gasteiger partial charge in [0.05, 0.1) is 0 Å². The van der Waals surface area contributed by atoms with Crippen LogP contribution >= 0.6 is 15.9 Å². The number of hydrogen-bond donors (Lipinski definition) is 1. The van der Waals surface area contributed by atoms with E-state index in [4.69, 9.17) is 9.47 Å². The Kier molecular flexibility index (Phi) is 3.01. The van der Waals surface area contributed by atoms with Gasteiger partial charge in [-0.15, -0.1) is 0 Å². The minimum atomic E-state index is 0.417. The van der Waals surface area contributed by atoms with Crippen LogP contribution in [0.3, 0.4) is 0 Å². The molecule has 1 aromatic carbocycles. The first-order valence-electron chi connectivity index (χ1n) is 6.06. The van der Waals surface area contributed by atoms with Gasteiger partial charge in [0, 0.05) is 10.5 Å². The number of rotatable bonds is 3. The minimum Gasteiger partial charge on any atom is -0.486 e. The zero-order valence-corrected chi connectivity index (χ0v) is 11.4. The first kappa shape index (κ1) is 11.4. The summed E-state index contributed by atoms with van der Waals surface area (Å²) < 4.78 is 12.3. The summed E-state index contributed by atoms with van der Waals surface area (Å²) in [5, 5.41) is 3.40. The number of benzene rings is 1. The lowest BCUT2D eigenvalue weighted by molar-refractivity contribution is 0.171. The predicted octanol–water partition coefficient (Wildman–Crippen LogP) is 2.89. The lowest BCUT2D eigenvalue weighted by atomic mass is 10.0. The predicted molar refractivity (Wildman–Crippen MR) is 69.7 cm³/mol. The molecule has 1 aliphatic heterocycles. The molecule has 92 valence electrons. The third-order valence-electron chi connectivity index (χ3n) is 3.40. The summed E-state index contributed by atoms with van der Waals surface area (Å²) >= 11 is 3.64. The molecule has 1 atom stereocenters. The van der Waals surface area contributed by atoms with Crippen LogP contribution in [0.25, 0.3) is 0 Å². The normalized spacial score (nSPS) is 20.1. The van der Waals surface area contributed by atoms with Gasteiger partial charge >= 0.3 is 0 Å². The van der Waals surface area contributed by atoms with Gasteiger partial charge in [-0.05, 0) is 43.5 Å². The van der Waals surface area contributed by atoms with E-state index in [9.17, 15) is 0 Å². The van der Waals surface area contributed by atoms with Crippen LogP contribution in [-0.2, 0) is 0 Å². The monoisotopic (exact) mass is 297 g/mol. The van der Waals surface area contributed by atoms with Crippen molar-refractivity contribution in [1.82, 2.24) is 5.32 Å². The zero-order valence-electron chi connectivity index (χ0n) is 9.83. The van der Waals surface area contributed by atoms with Crippen molar-refractivity contribution >= 4 is 15.9 Å². The zero-order chi connectivity index (χ0) is 11.8. The van der Waals surface area contributed by atoms with Crippen LogP contribution < -0.4 is 14.8 Å². The number of nitrogens with one attached hydrogen (secondary N) is 1. The number of hydrogen-bond acceptors (Lipinski definition) is 3. The van der Waals surface area contributed by atoms with E-state index in [-0.39, 0.29) is 0 Å². The van der Waals surface area contributed by atoms with Crippen LogP contribution in [0.4, 0.5) is 0 Å². The standard InChI is InChI=1S/C13H16BrNO2/c1-15-13(8-2-3-8)9-6-11-12(7-10(9)14)17-5-4-16-11/h6-8,13,15H,2-5H2,1H3. The number of fused-ring (bicyclic) bond motifs is 1. The molecule has 0 amide bonds. The third-order valence-corrected chi connectivity index (χ3v) is 4.09. The molecule has 3 nitrogen and oxygen atoms in total. The summed E-state index contributed by atoms with van der Waals surface area (Å²) in [6, 6.07) is 4.55. The maximum Gasteiger partial charge on any atom is 0.162 e. The van der Waals surface area contributed by atoms with Crippen LogP contribution in [0.1, 0.15) is 24.4 Å². The molecular weight excluding hydrogens is 282 g/mol. The first-order chi connectivity index (χ1) is 8.29. The molecule has 4 heteroatoms. The Bertz CT molecular complexity index is 432. The van der Waals surface area contributed by atoms with Gasteiger partial charge in [-0.2, -0.15) is 0 Å². The largest absolute Gasteiger partial charge is 0.486 e. The molecule has 0 bridgehead atoms. The van der Waals surface area contributed by atoms with E-state index in [0.717, 1.165) is 21.9 Å². The summed E-state index contributed by atoms with van der Waals surface area (Å²) in [5.74, 6) is 2.48. The quantitative estimate of drug-likeness (QED) is 0.931. The smallest absolute Gasteiger partial charge is 0.162 e. The van der Waals surface area contributed by atoms with Crippen molar-refractivity contribution < 1.29 is 9.47 Å². The summed E-state index contributed by atoms with van der Waals surface area (Å²) in [6.07, 6.45) is 2.62. The average Bonchev–Trinajstić information content (AvgIpc) is 3.15. The highest BCUT2D eigenvalue weighted by Crippen LogP contribution is 2.45. The lowest BCUT2D eigenvalue weighted by Gasteiger charge is -2.23. The fourth-order valence-electron chi connectivity index (χ4n) is 2.39. The molecule has 0 radical (unpaired) electrons. The van der Waals surface area contributed by atoms with E-state index >= 15 is 0 Å². The van der Waals surface area contributed by atoms with Gasteiger partial charge in [-0.3, -0.25) is 0 Å². The number of halogens is 1. The van der Waals surface area contributed by atoms with E-state index in [0.29, 0.717) is 19.3 Å². The topological polar surface area (TPSA) is 30.5 Å². The average molecular weight is 298 g/mol. The molecule has 1 N–H and O–H groups in total. The maximum atomic E-state index is 5.64. The van der Waals surface area contributed by atoms with E-state index in [1.165, 1.54) is 18.4 Å². The Morgan fingerprint density at radius 2 is 1.88 bits per heavy atom. The Morgan fingerprint density at radius 3 is 2.47 bits per heavy atom. The Labute approximate surface area is 110 Å². The van der Waals surface area contributed by atoms with E-state index < -0.39 is 0 Å². The van der Waals surface area contributed by atoms with Crippen molar-refractivity contribution in [3.05, 3.63) is 22.2 Å².